The third-order valence-electron chi connectivity index (χ3n) is 1.85. The molecule has 0 aliphatic heterocycles. The van der Waals surface area contributed by atoms with Gasteiger partial charge in [0.15, 0.2) is 0 Å². The zero-order valence-electron chi connectivity index (χ0n) is 9.28. The average Bonchev–Trinajstić information content (AvgIpc) is 2.21. The lowest BCUT2D eigenvalue weighted by molar-refractivity contribution is -0.127. The van der Waals surface area contributed by atoms with Crippen LogP contribution in [0.3, 0.4) is 0 Å². The van der Waals surface area contributed by atoms with Gasteiger partial charge in [0.1, 0.15) is 0 Å². The SMILES string of the molecule is CN(C(N)=O)C(=O)N(C)C(=O)CCS(=O)(=O)O. The van der Waals surface area contributed by atoms with Gasteiger partial charge in [-0.2, -0.15) is 8.42 Å². The number of amides is 5. The van der Waals surface area contributed by atoms with Gasteiger partial charge in [-0.05, 0) is 0 Å². The van der Waals surface area contributed by atoms with Gasteiger partial charge in [0.25, 0.3) is 10.1 Å². The largest absolute Gasteiger partial charge is 0.351 e. The normalized spacial score (nSPS) is 10.8. The van der Waals surface area contributed by atoms with Crippen molar-refractivity contribution in [2.24, 2.45) is 5.73 Å². The summed E-state index contributed by atoms with van der Waals surface area (Å²) in [5, 5.41) is 0. The Kier molecular flexibility index (Phi) is 5.04. The van der Waals surface area contributed by atoms with Gasteiger partial charge in [0.2, 0.25) is 5.91 Å². The predicted octanol–water partition coefficient (Wildman–Crippen LogP) is -1.15. The second-order valence-electron chi connectivity index (χ2n) is 3.17. The summed E-state index contributed by atoms with van der Waals surface area (Å²) in [4.78, 5) is 34.3. The molecule has 0 aromatic rings. The molecule has 0 saturated carbocycles. The highest BCUT2D eigenvalue weighted by atomic mass is 32.2. The molecule has 0 aliphatic carbocycles. The van der Waals surface area contributed by atoms with Crippen molar-refractivity contribution in [1.82, 2.24) is 9.80 Å². The molecule has 98 valence electrons. The monoisotopic (exact) mass is 267 g/mol. The van der Waals surface area contributed by atoms with E-state index in [0.717, 1.165) is 14.1 Å². The lowest BCUT2D eigenvalue weighted by Gasteiger charge is -2.20. The van der Waals surface area contributed by atoms with Crippen molar-refractivity contribution < 1.29 is 27.4 Å². The van der Waals surface area contributed by atoms with Crippen LogP contribution in [0.5, 0.6) is 0 Å². The highest BCUT2D eigenvalue weighted by Gasteiger charge is 2.24. The number of hydrogen-bond acceptors (Lipinski definition) is 5. The molecule has 9 nitrogen and oxygen atoms in total. The molecule has 0 heterocycles. The minimum Gasteiger partial charge on any atom is -0.351 e. The Hall–Kier alpha value is -1.68. The quantitative estimate of drug-likeness (QED) is 0.619. The van der Waals surface area contributed by atoms with Crippen molar-refractivity contribution in [2.45, 2.75) is 6.42 Å². The van der Waals surface area contributed by atoms with Gasteiger partial charge >= 0.3 is 12.1 Å². The highest BCUT2D eigenvalue weighted by molar-refractivity contribution is 7.85. The predicted molar refractivity (Wildman–Crippen MR) is 56.5 cm³/mol. The van der Waals surface area contributed by atoms with Crippen LogP contribution in [0, 0.1) is 0 Å². The number of carbonyl (C=O) groups excluding carboxylic acids is 3. The van der Waals surface area contributed by atoms with E-state index in [0.29, 0.717) is 9.80 Å². The first-order valence-electron chi connectivity index (χ1n) is 4.35. The van der Waals surface area contributed by atoms with Crippen LogP contribution >= 0.6 is 0 Å². The summed E-state index contributed by atoms with van der Waals surface area (Å²) in [6.45, 7) is 0. The number of hydrogen-bond donors (Lipinski definition) is 2. The van der Waals surface area contributed by atoms with Crippen molar-refractivity contribution in [1.29, 1.82) is 0 Å². The second kappa shape index (κ2) is 5.59. The molecule has 0 spiro atoms. The zero-order valence-corrected chi connectivity index (χ0v) is 10.1. The van der Waals surface area contributed by atoms with E-state index >= 15 is 0 Å². The average molecular weight is 267 g/mol. The van der Waals surface area contributed by atoms with Crippen LogP contribution in [0.1, 0.15) is 6.42 Å². The van der Waals surface area contributed by atoms with E-state index in [9.17, 15) is 22.8 Å². The third-order valence-corrected chi connectivity index (χ3v) is 2.57. The smallest absolute Gasteiger partial charge is 0.334 e. The highest BCUT2D eigenvalue weighted by Crippen LogP contribution is 1.99. The summed E-state index contributed by atoms with van der Waals surface area (Å²) in [5.41, 5.74) is 4.81. The minimum absolute atomic E-state index is 0.491. The van der Waals surface area contributed by atoms with Crippen molar-refractivity contribution in [2.75, 3.05) is 19.8 Å². The van der Waals surface area contributed by atoms with Crippen LogP contribution in [0.25, 0.3) is 0 Å². The van der Waals surface area contributed by atoms with Crippen LogP contribution in [-0.4, -0.2) is 60.6 Å². The van der Waals surface area contributed by atoms with E-state index in [2.05, 4.69) is 0 Å². The minimum atomic E-state index is -4.28. The molecule has 3 N–H and O–H groups in total. The lowest BCUT2D eigenvalue weighted by atomic mass is 10.4. The molecule has 0 aromatic carbocycles. The fourth-order valence-electron chi connectivity index (χ4n) is 0.810. The molecule has 0 aliphatic rings. The van der Waals surface area contributed by atoms with Crippen molar-refractivity contribution in [3.8, 4) is 0 Å². The van der Waals surface area contributed by atoms with Gasteiger partial charge in [0.05, 0.1) is 5.75 Å². The summed E-state index contributed by atoms with van der Waals surface area (Å²) in [6.07, 6.45) is -0.576. The number of primary amides is 1. The summed E-state index contributed by atoms with van der Waals surface area (Å²) in [5.74, 6) is -1.66. The van der Waals surface area contributed by atoms with Gasteiger partial charge in [-0.15, -0.1) is 0 Å². The summed E-state index contributed by atoms with van der Waals surface area (Å²) in [6, 6.07) is -2.04. The van der Waals surface area contributed by atoms with Gasteiger partial charge in [0, 0.05) is 20.5 Å². The maximum absolute atomic E-state index is 11.4. The Morgan fingerprint density at radius 3 is 2.00 bits per heavy atom. The molecule has 0 atom stereocenters. The first-order valence-corrected chi connectivity index (χ1v) is 5.96. The number of carbonyl (C=O) groups is 3. The molecular formula is C7H13N3O6S. The van der Waals surface area contributed by atoms with E-state index in [4.69, 9.17) is 10.3 Å². The topological polar surface area (TPSA) is 138 Å². The van der Waals surface area contributed by atoms with Gasteiger partial charge in [-0.25, -0.2) is 14.5 Å². The van der Waals surface area contributed by atoms with Crippen LogP contribution in [-0.2, 0) is 14.9 Å². The maximum atomic E-state index is 11.4. The summed E-state index contributed by atoms with van der Waals surface area (Å²) >= 11 is 0. The number of nitrogens with two attached hydrogens (primary N) is 1. The van der Waals surface area contributed by atoms with Crippen LogP contribution in [0.15, 0.2) is 0 Å². The van der Waals surface area contributed by atoms with Crippen LogP contribution in [0.4, 0.5) is 9.59 Å². The Morgan fingerprint density at radius 1 is 1.18 bits per heavy atom. The second-order valence-corrected chi connectivity index (χ2v) is 4.74. The van der Waals surface area contributed by atoms with Crippen LogP contribution in [0.2, 0.25) is 0 Å². The molecule has 17 heavy (non-hydrogen) atoms. The number of urea groups is 2. The number of nitrogens with zero attached hydrogens (tertiary/aromatic N) is 2. The van der Waals surface area contributed by atoms with Crippen molar-refractivity contribution in [3.63, 3.8) is 0 Å². The molecule has 10 heteroatoms. The fourth-order valence-corrected chi connectivity index (χ4v) is 1.24. The first kappa shape index (κ1) is 15.3. The van der Waals surface area contributed by atoms with Crippen LogP contribution < -0.4 is 5.73 Å². The summed E-state index contributed by atoms with van der Waals surface area (Å²) in [7, 11) is -2.15. The van der Waals surface area contributed by atoms with Gasteiger partial charge < -0.3 is 5.73 Å². The molecule has 0 rings (SSSR count). The van der Waals surface area contributed by atoms with Gasteiger partial charge in [-0.3, -0.25) is 14.2 Å². The number of imide groups is 2. The fraction of sp³-hybridized carbons (Fsp3) is 0.571. The van der Waals surface area contributed by atoms with E-state index in [-0.39, 0.29) is 0 Å². The van der Waals surface area contributed by atoms with E-state index in [1.165, 1.54) is 0 Å². The molecule has 5 amide bonds. The van der Waals surface area contributed by atoms with Crippen molar-refractivity contribution in [3.05, 3.63) is 0 Å². The Morgan fingerprint density at radius 2 is 1.65 bits per heavy atom. The molecule has 0 radical (unpaired) electrons. The molecule has 0 saturated heterocycles. The third kappa shape index (κ3) is 5.26. The van der Waals surface area contributed by atoms with E-state index in [1.807, 2.05) is 0 Å². The van der Waals surface area contributed by atoms with Gasteiger partial charge in [-0.1, -0.05) is 0 Å². The molecule has 0 unspecified atom stereocenters. The maximum Gasteiger partial charge on any atom is 0.334 e. The van der Waals surface area contributed by atoms with E-state index < -0.39 is 40.3 Å². The molecule has 0 fully saturated rings. The van der Waals surface area contributed by atoms with E-state index in [1.54, 1.807) is 0 Å². The Bertz CT molecular complexity index is 431. The lowest BCUT2D eigenvalue weighted by Crippen LogP contribution is -2.47. The number of rotatable bonds is 3. The summed E-state index contributed by atoms with van der Waals surface area (Å²) < 4.78 is 29.2. The standard InChI is InChI=1S/C7H13N3O6S/c1-9(7(13)10(2)6(8)12)5(11)3-4-17(14,15)16/h3-4H2,1-2H3,(H2,8,12)(H,14,15,16). The molecule has 0 bridgehead atoms. The van der Waals surface area contributed by atoms with Crippen molar-refractivity contribution >= 4 is 28.1 Å². The Labute approximate surface area is 97.9 Å². The first-order chi connectivity index (χ1) is 7.56. The molecular weight excluding hydrogens is 254 g/mol. The zero-order chi connectivity index (χ0) is 13.8. The Balaban J connectivity index is 4.51. The molecule has 0 aromatic heterocycles.